The number of anilines is 1. The second-order valence-electron chi connectivity index (χ2n) is 3.52. The summed E-state index contributed by atoms with van der Waals surface area (Å²) < 4.78 is 5.08. The molecule has 2 aromatic rings. The van der Waals surface area contributed by atoms with E-state index < -0.39 is 0 Å². The number of hydrogen-bond acceptors (Lipinski definition) is 5. The Bertz CT molecular complexity index is 500. The van der Waals surface area contributed by atoms with E-state index in [2.05, 4.69) is 32.0 Å². The summed E-state index contributed by atoms with van der Waals surface area (Å²) in [6.45, 7) is 4.25. The summed E-state index contributed by atoms with van der Waals surface area (Å²) in [5.41, 5.74) is 0.649. The number of aromatic amines is 1. The van der Waals surface area contributed by atoms with Crippen LogP contribution in [0.25, 0.3) is 11.0 Å². The van der Waals surface area contributed by atoms with Crippen LogP contribution in [-0.4, -0.2) is 47.0 Å². The van der Waals surface area contributed by atoms with E-state index in [1.54, 1.807) is 13.3 Å². The molecule has 0 aliphatic rings. The third-order valence-corrected chi connectivity index (χ3v) is 2.68. The average molecular weight is 256 g/mol. The van der Waals surface area contributed by atoms with Gasteiger partial charge < -0.3 is 9.64 Å². The lowest BCUT2D eigenvalue weighted by molar-refractivity contribution is 0.205. The Morgan fingerprint density at radius 1 is 1.47 bits per heavy atom. The zero-order chi connectivity index (χ0) is 12.3. The molecule has 0 aromatic carbocycles. The molecule has 0 saturated heterocycles. The summed E-state index contributed by atoms with van der Waals surface area (Å²) in [7, 11) is 1.67. The molecule has 2 aromatic heterocycles. The molecule has 0 fully saturated rings. The number of likely N-dealkylation sites (N-methyl/N-ethyl adjacent to an activating group) is 1. The van der Waals surface area contributed by atoms with Crippen molar-refractivity contribution in [2.75, 3.05) is 31.7 Å². The number of nitrogens with zero attached hydrogens (tertiary/aromatic N) is 4. The van der Waals surface area contributed by atoms with Gasteiger partial charge in [0.2, 0.25) is 5.28 Å². The van der Waals surface area contributed by atoms with Crippen molar-refractivity contribution in [2.24, 2.45) is 0 Å². The van der Waals surface area contributed by atoms with Crippen molar-refractivity contribution in [3.8, 4) is 0 Å². The topological polar surface area (TPSA) is 66.9 Å². The maximum absolute atomic E-state index is 5.89. The van der Waals surface area contributed by atoms with Gasteiger partial charge in [0.05, 0.1) is 18.2 Å². The zero-order valence-electron chi connectivity index (χ0n) is 9.77. The average Bonchev–Trinajstić information content (AvgIpc) is 2.77. The van der Waals surface area contributed by atoms with Gasteiger partial charge in [-0.15, -0.1) is 0 Å². The highest BCUT2D eigenvalue weighted by Crippen LogP contribution is 2.23. The molecule has 0 radical (unpaired) electrons. The summed E-state index contributed by atoms with van der Waals surface area (Å²) in [5, 5.41) is 7.83. The molecule has 0 bridgehead atoms. The van der Waals surface area contributed by atoms with Crippen LogP contribution < -0.4 is 4.90 Å². The summed E-state index contributed by atoms with van der Waals surface area (Å²) in [6.07, 6.45) is 1.70. The van der Waals surface area contributed by atoms with Crippen LogP contribution in [0.4, 0.5) is 5.82 Å². The standard InChI is InChI=1S/C10H14ClN5O/c1-3-16(4-5-17-2)9-7-6-12-15-8(7)13-10(11)14-9/h6H,3-5H2,1-2H3,(H,12,13,14,15). The third kappa shape index (κ3) is 2.48. The SMILES string of the molecule is CCN(CCOC)c1nc(Cl)nc2[nH]ncc12. The van der Waals surface area contributed by atoms with Crippen LogP contribution in [-0.2, 0) is 4.74 Å². The van der Waals surface area contributed by atoms with Gasteiger partial charge in [0.15, 0.2) is 5.65 Å². The molecule has 2 heterocycles. The van der Waals surface area contributed by atoms with E-state index in [9.17, 15) is 0 Å². The lowest BCUT2D eigenvalue weighted by Gasteiger charge is -2.21. The van der Waals surface area contributed by atoms with Crippen molar-refractivity contribution in [1.29, 1.82) is 0 Å². The molecule has 1 N–H and O–H groups in total. The molecular weight excluding hydrogens is 242 g/mol. The van der Waals surface area contributed by atoms with Gasteiger partial charge in [0.1, 0.15) is 5.82 Å². The quantitative estimate of drug-likeness (QED) is 0.820. The normalized spacial score (nSPS) is 11.0. The Kier molecular flexibility index (Phi) is 3.75. The van der Waals surface area contributed by atoms with Crippen molar-refractivity contribution in [1.82, 2.24) is 20.2 Å². The van der Waals surface area contributed by atoms with Crippen molar-refractivity contribution in [2.45, 2.75) is 6.92 Å². The molecular formula is C10H14ClN5O. The predicted molar refractivity (Wildman–Crippen MR) is 66.5 cm³/mol. The highest BCUT2D eigenvalue weighted by atomic mass is 35.5. The minimum absolute atomic E-state index is 0.215. The van der Waals surface area contributed by atoms with Crippen LogP contribution in [0.2, 0.25) is 5.28 Å². The van der Waals surface area contributed by atoms with Gasteiger partial charge in [0, 0.05) is 20.2 Å². The Morgan fingerprint density at radius 3 is 3.00 bits per heavy atom. The Morgan fingerprint density at radius 2 is 2.29 bits per heavy atom. The lowest BCUT2D eigenvalue weighted by Crippen LogP contribution is -2.28. The molecule has 0 atom stereocenters. The molecule has 0 saturated carbocycles. The Balaban J connectivity index is 2.40. The van der Waals surface area contributed by atoms with Crippen molar-refractivity contribution in [3.05, 3.63) is 11.5 Å². The van der Waals surface area contributed by atoms with E-state index in [0.717, 1.165) is 24.3 Å². The number of methoxy groups -OCH3 is 1. The number of halogens is 1. The number of aromatic nitrogens is 4. The minimum Gasteiger partial charge on any atom is -0.383 e. The van der Waals surface area contributed by atoms with Gasteiger partial charge in [-0.05, 0) is 18.5 Å². The van der Waals surface area contributed by atoms with Gasteiger partial charge in [-0.2, -0.15) is 15.1 Å². The fourth-order valence-corrected chi connectivity index (χ4v) is 1.81. The molecule has 92 valence electrons. The number of hydrogen-bond donors (Lipinski definition) is 1. The van der Waals surface area contributed by atoms with E-state index in [0.29, 0.717) is 12.3 Å². The highest BCUT2D eigenvalue weighted by Gasteiger charge is 2.13. The maximum Gasteiger partial charge on any atom is 0.226 e. The summed E-state index contributed by atoms with van der Waals surface area (Å²) in [4.78, 5) is 10.4. The van der Waals surface area contributed by atoms with Crippen LogP contribution in [0.1, 0.15) is 6.92 Å². The first-order chi connectivity index (χ1) is 8.26. The molecule has 6 nitrogen and oxygen atoms in total. The first-order valence-electron chi connectivity index (χ1n) is 5.36. The number of ether oxygens (including phenoxy) is 1. The first kappa shape index (κ1) is 12.1. The molecule has 0 aliphatic carbocycles. The van der Waals surface area contributed by atoms with Crippen LogP contribution in [0.5, 0.6) is 0 Å². The van der Waals surface area contributed by atoms with E-state index in [1.165, 1.54) is 0 Å². The second kappa shape index (κ2) is 5.29. The number of nitrogens with one attached hydrogen (secondary N) is 1. The second-order valence-corrected chi connectivity index (χ2v) is 3.86. The Hall–Kier alpha value is -1.40. The van der Waals surface area contributed by atoms with Gasteiger partial charge in [0.25, 0.3) is 0 Å². The molecule has 7 heteroatoms. The number of H-pyrrole nitrogens is 1. The number of rotatable bonds is 5. The monoisotopic (exact) mass is 255 g/mol. The summed E-state index contributed by atoms with van der Waals surface area (Å²) in [5.74, 6) is 0.785. The van der Waals surface area contributed by atoms with Gasteiger partial charge in [-0.1, -0.05) is 0 Å². The van der Waals surface area contributed by atoms with Crippen LogP contribution in [0.15, 0.2) is 6.20 Å². The van der Waals surface area contributed by atoms with Crippen LogP contribution in [0.3, 0.4) is 0 Å². The van der Waals surface area contributed by atoms with Gasteiger partial charge >= 0.3 is 0 Å². The Labute approximate surface area is 104 Å². The largest absolute Gasteiger partial charge is 0.383 e. The highest BCUT2D eigenvalue weighted by molar-refractivity contribution is 6.28. The number of fused-ring (bicyclic) bond motifs is 1. The smallest absolute Gasteiger partial charge is 0.226 e. The van der Waals surface area contributed by atoms with Crippen LogP contribution >= 0.6 is 11.6 Å². The van der Waals surface area contributed by atoms with Crippen LogP contribution in [0, 0.1) is 0 Å². The van der Waals surface area contributed by atoms with Crippen molar-refractivity contribution in [3.63, 3.8) is 0 Å². The first-order valence-corrected chi connectivity index (χ1v) is 5.74. The van der Waals surface area contributed by atoms with Crippen molar-refractivity contribution < 1.29 is 4.74 Å². The van der Waals surface area contributed by atoms with Gasteiger partial charge in [-0.3, -0.25) is 5.10 Å². The maximum atomic E-state index is 5.89. The van der Waals surface area contributed by atoms with E-state index in [-0.39, 0.29) is 5.28 Å². The fourth-order valence-electron chi connectivity index (χ4n) is 1.65. The molecule has 0 unspecified atom stereocenters. The summed E-state index contributed by atoms with van der Waals surface area (Å²) in [6, 6.07) is 0. The van der Waals surface area contributed by atoms with E-state index >= 15 is 0 Å². The minimum atomic E-state index is 0.215. The summed E-state index contributed by atoms with van der Waals surface area (Å²) >= 11 is 5.89. The fraction of sp³-hybridized carbons (Fsp3) is 0.500. The molecule has 17 heavy (non-hydrogen) atoms. The van der Waals surface area contributed by atoms with E-state index in [1.807, 2.05) is 0 Å². The molecule has 0 aliphatic heterocycles. The predicted octanol–water partition coefficient (Wildman–Crippen LogP) is 1.48. The molecule has 0 spiro atoms. The molecule has 2 rings (SSSR count). The van der Waals surface area contributed by atoms with Crippen molar-refractivity contribution >= 4 is 28.5 Å². The lowest BCUT2D eigenvalue weighted by atomic mass is 10.3. The van der Waals surface area contributed by atoms with Gasteiger partial charge in [-0.25, -0.2) is 0 Å². The zero-order valence-corrected chi connectivity index (χ0v) is 10.5. The van der Waals surface area contributed by atoms with E-state index in [4.69, 9.17) is 16.3 Å². The third-order valence-electron chi connectivity index (χ3n) is 2.51. The molecule has 0 amide bonds.